The Morgan fingerprint density at radius 3 is 2.39 bits per heavy atom. The predicted molar refractivity (Wildman–Crippen MR) is 112 cm³/mol. The van der Waals surface area contributed by atoms with Gasteiger partial charge in [-0.15, -0.1) is 0 Å². The van der Waals surface area contributed by atoms with E-state index in [2.05, 4.69) is 10.6 Å². The van der Waals surface area contributed by atoms with Gasteiger partial charge in [0.15, 0.2) is 0 Å². The molecule has 0 aliphatic heterocycles. The lowest BCUT2D eigenvalue weighted by atomic mass is 10.0. The molecule has 0 aliphatic carbocycles. The van der Waals surface area contributed by atoms with Crippen molar-refractivity contribution in [2.75, 3.05) is 13.7 Å². The second kappa shape index (κ2) is 12.2. The first kappa shape index (κ1) is 23.7. The Balaban J connectivity index is 1.77. The molecule has 0 unspecified atom stereocenters. The fourth-order valence-corrected chi connectivity index (χ4v) is 2.81. The maximum absolute atomic E-state index is 12.2. The summed E-state index contributed by atoms with van der Waals surface area (Å²) < 4.78 is 10.2. The zero-order valence-corrected chi connectivity index (χ0v) is 17.1. The Morgan fingerprint density at radius 1 is 1.03 bits per heavy atom. The van der Waals surface area contributed by atoms with Crippen LogP contribution in [-0.2, 0) is 27.4 Å². The van der Waals surface area contributed by atoms with E-state index in [-0.39, 0.29) is 26.0 Å². The van der Waals surface area contributed by atoms with Gasteiger partial charge in [0, 0.05) is 13.0 Å². The van der Waals surface area contributed by atoms with Crippen LogP contribution in [0.2, 0.25) is 0 Å². The molecule has 0 aliphatic rings. The van der Waals surface area contributed by atoms with Gasteiger partial charge in [0.05, 0.1) is 19.6 Å². The largest absolute Gasteiger partial charge is 0.496 e. The smallest absolute Gasteiger partial charge is 0.407 e. The van der Waals surface area contributed by atoms with Gasteiger partial charge in [-0.05, 0) is 17.2 Å². The van der Waals surface area contributed by atoms with E-state index in [1.54, 1.807) is 36.4 Å². The fourth-order valence-electron chi connectivity index (χ4n) is 2.81. The van der Waals surface area contributed by atoms with Gasteiger partial charge >= 0.3 is 12.1 Å². The first-order valence-electron chi connectivity index (χ1n) is 9.65. The number of carboxylic acid groups (broad SMARTS) is 1. The van der Waals surface area contributed by atoms with Crippen molar-refractivity contribution in [1.29, 1.82) is 0 Å². The number of aliphatic hydroxyl groups excluding tert-OH is 1. The van der Waals surface area contributed by atoms with Crippen molar-refractivity contribution in [3.05, 3.63) is 65.7 Å². The maximum atomic E-state index is 12.2. The number of carboxylic acids is 1. The zero-order valence-electron chi connectivity index (χ0n) is 17.1. The van der Waals surface area contributed by atoms with Crippen molar-refractivity contribution < 1.29 is 34.1 Å². The van der Waals surface area contributed by atoms with Crippen LogP contribution in [-0.4, -0.2) is 54.0 Å². The van der Waals surface area contributed by atoms with Crippen molar-refractivity contribution in [3.63, 3.8) is 0 Å². The second-order valence-electron chi connectivity index (χ2n) is 6.77. The lowest BCUT2D eigenvalue weighted by Gasteiger charge is -2.18. The molecule has 0 aromatic heterocycles. The summed E-state index contributed by atoms with van der Waals surface area (Å²) >= 11 is 0. The van der Waals surface area contributed by atoms with E-state index in [1.165, 1.54) is 7.11 Å². The zero-order chi connectivity index (χ0) is 22.6. The Morgan fingerprint density at radius 2 is 1.71 bits per heavy atom. The first-order valence-corrected chi connectivity index (χ1v) is 9.65. The molecule has 166 valence electrons. The van der Waals surface area contributed by atoms with Crippen LogP contribution in [0, 0.1) is 0 Å². The molecular weight excluding hydrogens is 404 g/mol. The van der Waals surface area contributed by atoms with Crippen LogP contribution in [0.4, 0.5) is 4.79 Å². The molecule has 0 saturated carbocycles. The number of amides is 2. The summed E-state index contributed by atoms with van der Waals surface area (Å²) in [4.78, 5) is 35.4. The van der Waals surface area contributed by atoms with Gasteiger partial charge in [0.2, 0.25) is 5.91 Å². The Kier molecular flexibility index (Phi) is 9.31. The molecule has 0 saturated heterocycles. The lowest BCUT2D eigenvalue weighted by Crippen LogP contribution is -2.44. The molecule has 4 N–H and O–H groups in total. The minimum Gasteiger partial charge on any atom is -0.496 e. The van der Waals surface area contributed by atoms with Crippen molar-refractivity contribution >= 4 is 18.0 Å². The molecule has 0 fully saturated rings. The third-order valence-electron chi connectivity index (χ3n) is 4.37. The van der Waals surface area contributed by atoms with Gasteiger partial charge in [0.1, 0.15) is 18.4 Å². The topological polar surface area (TPSA) is 134 Å². The molecule has 0 spiro atoms. The summed E-state index contributed by atoms with van der Waals surface area (Å²) in [5, 5.41) is 24.1. The number of aliphatic carboxylic acids is 1. The molecule has 2 atom stereocenters. The average molecular weight is 430 g/mol. The number of hydrogen-bond acceptors (Lipinski definition) is 6. The summed E-state index contributed by atoms with van der Waals surface area (Å²) in [6.45, 7) is -0.141. The number of methoxy groups -OCH3 is 1. The molecule has 0 bridgehead atoms. The van der Waals surface area contributed by atoms with Crippen LogP contribution in [0.1, 0.15) is 17.5 Å². The molecular formula is C22H26N2O7. The molecule has 31 heavy (non-hydrogen) atoms. The monoisotopic (exact) mass is 430 g/mol. The summed E-state index contributed by atoms with van der Waals surface area (Å²) in [5.41, 5.74) is 1.44. The fraction of sp³-hybridized carbons (Fsp3) is 0.318. The third kappa shape index (κ3) is 8.35. The van der Waals surface area contributed by atoms with E-state index in [4.69, 9.17) is 9.47 Å². The summed E-state index contributed by atoms with van der Waals surface area (Å²) in [6, 6.07) is 14.8. The summed E-state index contributed by atoms with van der Waals surface area (Å²) in [5.74, 6) is -1.35. The van der Waals surface area contributed by atoms with E-state index >= 15 is 0 Å². The van der Waals surface area contributed by atoms with Crippen molar-refractivity contribution in [1.82, 2.24) is 10.6 Å². The SMILES string of the molecule is COc1ccccc1C[C@H](NC(=O)C[C@@H](O)CNC(=O)OCc1ccccc1)C(=O)O. The van der Waals surface area contributed by atoms with E-state index in [0.29, 0.717) is 11.3 Å². The number of hydrogen-bond donors (Lipinski definition) is 4. The van der Waals surface area contributed by atoms with Gasteiger partial charge in [-0.3, -0.25) is 4.79 Å². The molecule has 0 radical (unpaired) electrons. The molecule has 2 aromatic rings. The van der Waals surface area contributed by atoms with Gasteiger partial charge in [0.25, 0.3) is 0 Å². The van der Waals surface area contributed by atoms with E-state index < -0.39 is 30.1 Å². The molecule has 0 heterocycles. The molecule has 9 heteroatoms. The first-order chi connectivity index (χ1) is 14.9. The molecule has 2 aromatic carbocycles. The number of carbonyl (C=O) groups excluding carboxylic acids is 2. The number of rotatable bonds is 11. The van der Waals surface area contributed by atoms with E-state index in [0.717, 1.165) is 5.56 Å². The van der Waals surface area contributed by atoms with Crippen molar-refractivity contribution in [2.45, 2.75) is 31.6 Å². The quantitative estimate of drug-likeness (QED) is 0.424. The number of ether oxygens (including phenoxy) is 2. The maximum Gasteiger partial charge on any atom is 0.407 e. The number of nitrogens with one attached hydrogen (secondary N) is 2. The highest BCUT2D eigenvalue weighted by Crippen LogP contribution is 2.19. The van der Waals surface area contributed by atoms with Gasteiger partial charge in [-0.2, -0.15) is 0 Å². The van der Waals surface area contributed by atoms with E-state index in [9.17, 15) is 24.6 Å². The highest BCUT2D eigenvalue weighted by Gasteiger charge is 2.23. The average Bonchev–Trinajstić information content (AvgIpc) is 2.76. The van der Waals surface area contributed by atoms with Gasteiger partial charge in [-0.25, -0.2) is 9.59 Å². The summed E-state index contributed by atoms with van der Waals surface area (Å²) in [7, 11) is 1.47. The van der Waals surface area contributed by atoms with Crippen LogP contribution in [0.3, 0.4) is 0 Å². The van der Waals surface area contributed by atoms with Gasteiger partial charge in [-0.1, -0.05) is 48.5 Å². The van der Waals surface area contributed by atoms with Crippen molar-refractivity contribution in [2.24, 2.45) is 0 Å². The van der Waals surface area contributed by atoms with Crippen molar-refractivity contribution in [3.8, 4) is 5.75 Å². The standard InChI is InChI=1S/C22H26N2O7/c1-30-19-10-6-5-9-16(19)11-18(21(27)28)24-20(26)12-17(25)13-23-22(29)31-14-15-7-3-2-4-8-15/h2-10,17-18,25H,11-14H2,1H3,(H,23,29)(H,24,26)(H,27,28)/t17-,18+/m1/s1. The highest BCUT2D eigenvalue weighted by molar-refractivity contribution is 5.84. The number of aliphatic hydroxyl groups is 1. The highest BCUT2D eigenvalue weighted by atomic mass is 16.5. The predicted octanol–water partition coefficient (Wildman–Crippen LogP) is 1.48. The lowest BCUT2D eigenvalue weighted by molar-refractivity contribution is -0.142. The number of carbonyl (C=O) groups is 3. The molecule has 2 rings (SSSR count). The molecule has 2 amide bonds. The van der Waals surface area contributed by atoms with E-state index in [1.807, 2.05) is 18.2 Å². The second-order valence-corrected chi connectivity index (χ2v) is 6.77. The Bertz CT molecular complexity index is 873. The van der Waals surface area contributed by atoms with Crippen LogP contribution >= 0.6 is 0 Å². The number of benzene rings is 2. The Labute approximate surface area is 180 Å². The minimum atomic E-state index is -1.21. The van der Waals surface area contributed by atoms with Gasteiger partial charge < -0.3 is 30.3 Å². The van der Waals surface area contributed by atoms with Crippen LogP contribution in [0.15, 0.2) is 54.6 Å². The van der Waals surface area contributed by atoms with Crippen LogP contribution in [0.5, 0.6) is 5.75 Å². The number of para-hydroxylation sites is 1. The minimum absolute atomic E-state index is 0.0191. The van der Waals surface area contributed by atoms with Crippen LogP contribution < -0.4 is 15.4 Å². The number of alkyl carbamates (subject to hydrolysis) is 1. The summed E-state index contributed by atoms with van der Waals surface area (Å²) in [6.07, 6.45) is -2.30. The van der Waals surface area contributed by atoms with Crippen LogP contribution in [0.25, 0.3) is 0 Å². The Hall–Kier alpha value is -3.59. The normalized spacial score (nSPS) is 12.3. The third-order valence-corrected chi connectivity index (χ3v) is 4.37. The molecule has 9 nitrogen and oxygen atoms in total.